The molecule has 0 bridgehead atoms. The van der Waals surface area contributed by atoms with Gasteiger partial charge in [-0.15, -0.1) is 0 Å². The molecule has 0 unspecified atom stereocenters. The van der Waals surface area contributed by atoms with Crippen LogP contribution in [0, 0.1) is 11.7 Å². The van der Waals surface area contributed by atoms with E-state index in [-0.39, 0.29) is 16.5 Å². The number of pyridine rings is 2. The first-order chi connectivity index (χ1) is 12.2. The van der Waals surface area contributed by atoms with E-state index in [9.17, 15) is 9.18 Å². The lowest BCUT2D eigenvalue weighted by Gasteiger charge is -2.22. The highest BCUT2D eigenvalue weighted by Gasteiger charge is 2.16. The summed E-state index contributed by atoms with van der Waals surface area (Å²) in [6, 6.07) is 4.43. The normalized spacial score (nSPS) is 15.0. The molecule has 1 aliphatic rings. The Labute approximate surface area is 149 Å². The molecule has 6 nitrogen and oxygen atoms in total. The van der Waals surface area contributed by atoms with Gasteiger partial charge in [0.25, 0.3) is 0 Å². The summed E-state index contributed by atoms with van der Waals surface area (Å²) in [4.78, 5) is 18.9. The molecule has 2 N–H and O–H groups in total. The molecular formula is C17H18ClFN4O2. The Kier molecular flexibility index (Phi) is 5.78. The molecule has 132 valence electrons. The number of rotatable bonds is 6. The topological polar surface area (TPSA) is 76.1 Å². The van der Waals surface area contributed by atoms with Crippen LogP contribution >= 0.6 is 11.6 Å². The number of amides is 1. The molecule has 0 aromatic carbocycles. The molecule has 0 saturated carbocycles. The van der Waals surface area contributed by atoms with E-state index in [0.717, 1.165) is 32.6 Å². The molecule has 1 aliphatic heterocycles. The van der Waals surface area contributed by atoms with E-state index in [0.29, 0.717) is 23.7 Å². The number of carbonyl (C=O) groups excluding carboxylic acids is 1. The minimum Gasteiger partial charge on any atom is -0.381 e. The van der Waals surface area contributed by atoms with E-state index in [2.05, 4.69) is 20.6 Å². The van der Waals surface area contributed by atoms with Crippen LogP contribution in [0.15, 0.2) is 24.4 Å². The molecule has 3 rings (SSSR count). The fourth-order valence-electron chi connectivity index (χ4n) is 2.69. The first kappa shape index (κ1) is 17.6. The Hall–Kier alpha value is -2.25. The monoisotopic (exact) mass is 364 g/mol. The van der Waals surface area contributed by atoms with Gasteiger partial charge >= 0.3 is 0 Å². The van der Waals surface area contributed by atoms with Crippen LogP contribution in [0.25, 0.3) is 11.3 Å². The van der Waals surface area contributed by atoms with Gasteiger partial charge in [-0.05, 0) is 37.0 Å². The lowest BCUT2D eigenvalue weighted by atomic mass is 10.0. The van der Waals surface area contributed by atoms with Gasteiger partial charge in [-0.3, -0.25) is 4.79 Å². The van der Waals surface area contributed by atoms with Crippen LogP contribution in [-0.4, -0.2) is 36.1 Å². The highest BCUT2D eigenvalue weighted by Crippen LogP contribution is 2.30. The number of halogens is 2. The number of hydrogen-bond donors (Lipinski definition) is 2. The lowest BCUT2D eigenvalue weighted by molar-refractivity contribution is -0.105. The summed E-state index contributed by atoms with van der Waals surface area (Å²) in [5.74, 6) is 0.857. The Morgan fingerprint density at radius 2 is 2.12 bits per heavy atom. The van der Waals surface area contributed by atoms with Crippen molar-refractivity contribution < 1.29 is 13.9 Å². The summed E-state index contributed by atoms with van der Waals surface area (Å²) in [6.07, 6.45) is 3.84. The SMILES string of the molecule is O=CNc1cc(-c2nc(NCC3CCOCC3)ccc2F)c(Cl)cn1. The molecule has 8 heteroatoms. The summed E-state index contributed by atoms with van der Waals surface area (Å²) in [6.45, 7) is 2.30. The van der Waals surface area contributed by atoms with Crippen LogP contribution < -0.4 is 10.6 Å². The number of anilines is 2. The van der Waals surface area contributed by atoms with Crippen molar-refractivity contribution >= 4 is 29.6 Å². The quantitative estimate of drug-likeness (QED) is 0.769. The second-order valence-electron chi connectivity index (χ2n) is 5.78. The molecule has 1 saturated heterocycles. The molecule has 2 aromatic heterocycles. The Balaban J connectivity index is 1.81. The number of ether oxygens (including phenoxy) is 1. The Bertz CT molecular complexity index is 753. The second-order valence-corrected chi connectivity index (χ2v) is 6.18. The van der Waals surface area contributed by atoms with Gasteiger partial charge in [0.15, 0.2) is 0 Å². The van der Waals surface area contributed by atoms with Crippen LogP contribution in [0.5, 0.6) is 0 Å². The minimum atomic E-state index is -0.498. The minimum absolute atomic E-state index is 0.110. The fraction of sp³-hybridized carbons (Fsp3) is 0.353. The third kappa shape index (κ3) is 4.43. The van der Waals surface area contributed by atoms with Gasteiger partial charge in [0, 0.05) is 31.5 Å². The van der Waals surface area contributed by atoms with Crippen molar-refractivity contribution in [2.75, 3.05) is 30.4 Å². The summed E-state index contributed by atoms with van der Waals surface area (Å²) >= 11 is 6.13. The van der Waals surface area contributed by atoms with Gasteiger partial charge in [0.1, 0.15) is 23.1 Å². The van der Waals surface area contributed by atoms with Crippen LogP contribution in [0.4, 0.5) is 16.0 Å². The molecular weight excluding hydrogens is 347 g/mol. The van der Waals surface area contributed by atoms with Gasteiger partial charge in [-0.25, -0.2) is 14.4 Å². The molecule has 1 fully saturated rings. The first-order valence-corrected chi connectivity index (χ1v) is 8.39. The lowest BCUT2D eigenvalue weighted by Crippen LogP contribution is -2.23. The van der Waals surface area contributed by atoms with Crippen LogP contribution in [-0.2, 0) is 9.53 Å². The zero-order valence-electron chi connectivity index (χ0n) is 13.5. The molecule has 0 spiro atoms. The molecule has 25 heavy (non-hydrogen) atoms. The van der Waals surface area contributed by atoms with E-state index in [1.807, 2.05) is 0 Å². The third-order valence-corrected chi connectivity index (χ3v) is 4.38. The van der Waals surface area contributed by atoms with Crippen molar-refractivity contribution in [3.8, 4) is 11.3 Å². The average molecular weight is 365 g/mol. The largest absolute Gasteiger partial charge is 0.381 e. The van der Waals surface area contributed by atoms with E-state index in [1.165, 1.54) is 18.3 Å². The zero-order valence-corrected chi connectivity index (χ0v) is 14.2. The van der Waals surface area contributed by atoms with Crippen molar-refractivity contribution in [3.05, 3.63) is 35.2 Å². The van der Waals surface area contributed by atoms with E-state index in [1.54, 1.807) is 6.07 Å². The van der Waals surface area contributed by atoms with Crippen LogP contribution in [0.3, 0.4) is 0 Å². The summed E-state index contributed by atoms with van der Waals surface area (Å²) in [5.41, 5.74) is 0.478. The maximum Gasteiger partial charge on any atom is 0.212 e. The molecule has 2 aromatic rings. The number of hydrogen-bond acceptors (Lipinski definition) is 5. The Morgan fingerprint density at radius 1 is 1.32 bits per heavy atom. The summed E-state index contributed by atoms with van der Waals surface area (Å²) < 4.78 is 19.6. The van der Waals surface area contributed by atoms with E-state index < -0.39 is 5.82 Å². The number of nitrogens with zero attached hydrogens (tertiary/aromatic N) is 2. The van der Waals surface area contributed by atoms with Crippen LogP contribution in [0.2, 0.25) is 5.02 Å². The zero-order chi connectivity index (χ0) is 17.6. The maximum atomic E-state index is 14.3. The summed E-state index contributed by atoms with van der Waals surface area (Å²) in [5, 5.41) is 5.92. The number of aromatic nitrogens is 2. The highest BCUT2D eigenvalue weighted by atomic mass is 35.5. The molecule has 0 radical (unpaired) electrons. The van der Waals surface area contributed by atoms with Gasteiger partial charge in [0.2, 0.25) is 6.41 Å². The molecule has 1 amide bonds. The molecule has 0 atom stereocenters. The standard InChI is InChI=1S/C17H18ClFN4O2/c18-13-9-21-16(22-10-24)7-12(13)17-14(19)1-2-15(23-17)20-8-11-3-5-25-6-4-11/h1-2,7,9-11H,3-6,8H2,(H,20,23)(H,21,22,24). The van der Waals surface area contributed by atoms with Crippen molar-refractivity contribution in [1.82, 2.24) is 9.97 Å². The summed E-state index contributed by atoms with van der Waals surface area (Å²) in [7, 11) is 0. The molecule has 0 aliphatic carbocycles. The molecule has 3 heterocycles. The average Bonchev–Trinajstić information content (AvgIpc) is 2.64. The fourth-order valence-corrected chi connectivity index (χ4v) is 2.88. The Morgan fingerprint density at radius 3 is 2.88 bits per heavy atom. The second kappa shape index (κ2) is 8.22. The van der Waals surface area contributed by atoms with Crippen LogP contribution in [0.1, 0.15) is 12.8 Å². The predicted molar refractivity (Wildman–Crippen MR) is 94.2 cm³/mol. The third-order valence-electron chi connectivity index (χ3n) is 4.08. The number of nitrogens with one attached hydrogen (secondary N) is 2. The smallest absolute Gasteiger partial charge is 0.212 e. The maximum absolute atomic E-state index is 14.3. The van der Waals surface area contributed by atoms with Gasteiger partial charge in [0.05, 0.1) is 5.02 Å². The van der Waals surface area contributed by atoms with Gasteiger partial charge in [-0.2, -0.15) is 0 Å². The van der Waals surface area contributed by atoms with Gasteiger partial charge < -0.3 is 15.4 Å². The van der Waals surface area contributed by atoms with Crippen molar-refractivity contribution in [1.29, 1.82) is 0 Å². The highest BCUT2D eigenvalue weighted by molar-refractivity contribution is 6.33. The van der Waals surface area contributed by atoms with Crippen molar-refractivity contribution in [2.24, 2.45) is 5.92 Å². The first-order valence-electron chi connectivity index (χ1n) is 8.01. The number of carbonyl (C=O) groups is 1. The van der Waals surface area contributed by atoms with E-state index >= 15 is 0 Å². The van der Waals surface area contributed by atoms with Crippen molar-refractivity contribution in [2.45, 2.75) is 12.8 Å². The van der Waals surface area contributed by atoms with E-state index in [4.69, 9.17) is 16.3 Å². The van der Waals surface area contributed by atoms with Gasteiger partial charge in [-0.1, -0.05) is 11.6 Å². The predicted octanol–water partition coefficient (Wildman–Crippen LogP) is 3.34. The van der Waals surface area contributed by atoms with Crippen molar-refractivity contribution in [3.63, 3.8) is 0 Å².